The Bertz CT molecular complexity index is 488. The van der Waals surface area contributed by atoms with E-state index in [2.05, 4.69) is 5.32 Å². The van der Waals surface area contributed by atoms with Crippen LogP contribution < -0.4 is 10.1 Å². The molecule has 0 spiro atoms. The largest absolute Gasteiger partial charge is 0.490 e. The number of nitrogens with one attached hydrogen (secondary N) is 1. The fourth-order valence-corrected chi connectivity index (χ4v) is 2.56. The molecule has 0 bridgehead atoms. The summed E-state index contributed by atoms with van der Waals surface area (Å²) in [6.45, 7) is 0.806. The Labute approximate surface area is 111 Å². The quantitative estimate of drug-likeness (QED) is 0.868. The van der Waals surface area contributed by atoms with Gasteiger partial charge in [-0.05, 0) is 42.5 Å². The van der Waals surface area contributed by atoms with Crippen molar-refractivity contribution >= 4 is 6.09 Å². The number of cyclic esters (lactones) is 1. The topological polar surface area (TPSA) is 67.8 Å². The minimum absolute atomic E-state index is 0.242. The molecule has 1 aliphatic heterocycles. The van der Waals surface area contributed by atoms with Gasteiger partial charge in [-0.2, -0.15) is 0 Å². The molecule has 102 valence electrons. The SMILES string of the molecule is O=C1NCC(COc2ccc3c(c2)C(O)CCC3)O1. The minimum Gasteiger partial charge on any atom is -0.490 e. The van der Waals surface area contributed by atoms with E-state index in [1.165, 1.54) is 5.56 Å². The summed E-state index contributed by atoms with van der Waals surface area (Å²) in [7, 11) is 0. The first-order chi connectivity index (χ1) is 9.22. The molecule has 1 aromatic rings. The summed E-state index contributed by atoms with van der Waals surface area (Å²) in [5.41, 5.74) is 2.16. The number of aliphatic hydroxyl groups is 1. The molecule has 1 aliphatic carbocycles. The van der Waals surface area contributed by atoms with Crippen LogP contribution in [0.3, 0.4) is 0 Å². The Balaban J connectivity index is 1.65. The first-order valence-corrected chi connectivity index (χ1v) is 6.60. The zero-order valence-corrected chi connectivity index (χ0v) is 10.6. The summed E-state index contributed by atoms with van der Waals surface area (Å²) >= 11 is 0. The summed E-state index contributed by atoms with van der Waals surface area (Å²) in [5, 5.41) is 12.5. The molecule has 3 rings (SSSR count). The van der Waals surface area contributed by atoms with Gasteiger partial charge in [-0.25, -0.2) is 4.79 Å². The van der Waals surface area contributed by atoms with Crippen LogP contribution >= 0.6 is 0 Å². The van der Waals surface area contributed by atoms with Gasteiger partial charge in [-0.3, -0.25) is 0 Å². The molecule has 1 amide bonds. The molecule has 2 N–H and O–H groups in total. The third kappa shape index (κ3) is 2.66. The zero-order chi connectivity index (χ0) is 13.2. The summed E-state index contributed by atoms with van der Waals surface area (Å²) < 4.78 is 10.6. The van der Waals surface area contributed by atoms with Gasteiger partial charge in [0.2, 0.25) is 0 Å². The molecule has 2 atom stereocenters. The zero-order valence-electron chi connectivity index (χ0n) is 10.6. The lowest BCUT2D eigenvalue weighted by Crippen LogP contribution is -2.22. The number of ether oxygens (including phenoxy) is 2. The van der Waals surface area contributed by atoms with Gasteiger partial charge in [0.15, 0.2) is 6.10 Å². The molecule has 2 aliphatic rings. The van der Waals surface area contributed by atoms with Crippen molar-refractivity contribution in [3.63, 3.8) is 0 Å². The lowest BCUT2D eigenvalue weighted by Gasteiger charge is -2.22. The third-order valence-electron chi connectivity index (χ3n) is 3.58. The van der Waals surface area contributed by atoms with E-state index in [1.807, 2.05) is 18.2 Å². The molecule has 0 aromatic heterocycles. The van der Waals surface area contributed by atoms with Gasteiger partial charge in [-0.15, -0.1) is 0 Å². The van der Waals surface area contributed by atoms with E-state index in [4.69, 9.17) is 9.47 Å². The molecular weight excluding hydrogens is 246 g/mol. The van der Waals surface area contributed by atoms with Gasteiger partial charge in [0.05, 0.1) is 12.6 Å². The lowest BCUT2D eigenvalue weighted by molar-refractivity contribution is 0.104. The average Bonchev–Trinajstić information content (AvgIpc) is 2.83. The molecule has 2 unspecified atom stereocenters. The van der Waals surface area contributed by atoms with Crippen LogP contribution in [0.5, 0.6) is 5.75 Å². The van der Waals surface area contributed by atoms with E-state index in [-0.39, 0.29) is 6.10 Å². The van der Waals surface area contributed by atoms with Crippen molar-refractivity contribution < 1.29 is 19.4 Å². The normalized spacial score (nSPS) is 25.4. The van der Waals surface area contributed by atoms with Crippen molar-refractivity contribution in [2.45, 2.75) is 31.5 Å². The van der Waals surface area contributed by atoms with E-state index >= 15 is 0 Å². The van der Waals surface area contributed by atoms with Crippen LogP contribution in [-0.4, -0.2) is 30.5 Å². The van der Waals surface area contributed by atoms with Crippen molar-refractivity contribution in [2.24, 2.45) is 0 Å². The maximum Gasteiger partial charge on any atom is 0.407 e. The Kier molecular flexibility index (Phi) is 3.29. The van der Waals surface area contributed by atoms with Gasteiger partial charge in [0, 0.05) is 0 Å². The molecule has 1 aromatic carbocycles. The van der Waals surface area contributed by atoms with Gasteiger partial charge >= 0.3 is 6.09 Å². The Hall–Kier alpha value is -1.75. The van der Waals surface area contributed by atoms with Crippen LogP contribution in [-0.2, 0) is 11.2 Å². The summed E-state index contributed by atoms with van der Waals surface area (Å²) in [5.74, 6) is 0.711. The maximum absolute atomic E-state index is 10.9. The van der Waals surface area contributed by atoms with Gasteiger partial charge in [-0.1, -0.05) is 6.07 Å². The number of carbonyl (C=O) groups excluding carboxylic acids is 1. The summed E-state index contributed by atoms with van der Waals surface area (Å²) in [4.78, 5) is 10.9. The minimum atomic E-state index is -0.394. The molecule has 5 heteroatoms. The Morgan fingerprint density at radius 3 is 3.16 bits per heavy atom. The molecule has 5 nitrogen and oxygen atoms in total. The molecule has 1 fully saturated rings. The van der Waals surface area contributed by atoms with Gasteiger partial charge in [0.1, 0.15) is 12.4 Å². The van der Waals surface area contributed by atoms with Crippen molar-refractivity contribution in [3.05, 3.63) is 29.3 Å². The van der Waals surface area contributed by atoms with Gasteiger partial charge in [0.25, 0.3) is 0 Å². The number of rotatable bonds is 3. The number of hydrogen-bond acceptors (Lipinski definition) is 4. The monoisotopic (exact) mass is 263 g/mol. The van der Waals surface area contributed by atoms with Crippen LogP contribution in [0.4, 0.5) is 4.79 Å². The smallest absolute Gasteiger partial charge is 0.407 e. The van der Waals surface area contributed by atoms with E-state index in [0.717, 1.165) is 24.8 Å². The van der Waals surface area contributed by atoms with Crippen LogP contribution in [0.15, 0.2) is 18.2 Å². The van der Waals surface area contributed by atoms with Crippen LogP contribution in [0.1, 0.15) is 30.1 Å². The Morgan fingerprint density at radius 2 is 2.37 bits per heavy atom. The summed E-state index contributed by atoms with van der Waals surface area (Å²) in [6, 6.07) is 5.80. The van der Waals surface area contributed by atoms with Gasteiger partial charge < -0.3 is 19.9 Å². The predicted octanol–water partition coefficient (Wildman–Crippen LogP) is 1.54. The van der Waals surface area contributed by atoms with E-state index in [1.54, 1.807) is 0 Å². The highest BCUT2D eigenvalue weighted by Crippen LogP contribution is 2.32. The number of fused-ring (bicyclic) bond motifs is 1. The van der Waals surface area contributed by atoms with E-state index in [0.29, 0.717) is 18.9 Å². The maximum atomic E-state index is 10.9. The molecule has 1 heterocycles. The van der Waals surface area contributed by atoms with Crippen molar-refractivity contribution in [3.8, 4) is 5.75 Å². The molecule has 19 heavy (non-hydrogen) atoms. The fraction of sp³-hybridized carbons (Fsp3) is 0.500. The van der Waals surface area contributed by atoms with Crippen LogP contribution in [0.2, 0.25) is 0 Å². The van der Waals surface area contributed by atoms with E-state index in [9.17, 15) is 9.90 Å². The number of alkyl carbamates (subject to hydrolysis) is 1. The highest BCUT2D eigenvalue weighted by atomic mass is 16.6. The number of aliphatic hydroxyl groups excluding tert-OH is 1. The fourth-order valence-electron chi connectivity index (χ4n) is 2.56. The van der Waals surface area contributed by atoms with Crippen molar-refractivity contribution in [1.29, 1.82) is 0 Å². The second kappa shape index (κ2) is 5.09. The van der Waals surface area contributed by atoms with Crippen LogP contribution in [0.25, 0.3) is 0 Å². The number of amides is 1. The number of carbonyl (C=O) groups is 1. The number of benzene rings is 1. The third-order valence-corrected chi connectivity index (χ3v) is 3.58. The van der Waals surface area contributed by atoms with Crippen molar-refractivity contribution in [1.82, 2.24) is 5.32 Å². The lowest BCUT2D eigenvalue weighted by atomic mass is 9.89. The molecular formula is C14H17NO4. The van der Waals surface area contributed by atoms with Crippen LogP contribution in [0, 0.1) is 0 Å². The second-order valence-electron chi connectivity index (χ2n) is 4.99. The predicted molar refractivity (Wildman–Crippen MR) is 68.1 cm³/mol. The first-order valence-electron chi connectivity index (χ1n) is 6.60. The molecule has 1 saturated heterocycles. The molecule has 0 radical (unpaired) electrons. The molecule has 0 saturated carbocycles. The highest BCUT2D eigenvalue weighted by Gasteiger charge is 2.23. The first kappa shape index (κ1) is 12.3. The number of aryl methyl sites for hydroxylation is 1. The average molecular weight is 263 g/mol. The van der Waals surface area contributed by atoms with Crippen molar-refractivity contribution in [2.75, 3.05) is 13.2 Å². The summed E-state index contributed by atoms with van der Waals surface area (Å²) in [6.07, 6.45) is 1.82. The Morgan fingerprint density at radius 1 is 1.47 bits per heavy atom. The van der Waals surface area contributed by atoms with E-state index < -0.39 is 12.2 Å². The second-order valence-corrected chi connectivity index (χ2v) is 4.99. The highest BCUT2D eigenvalue weighted by molar-refractivity contribution is 5.69. The standard InChI is InChI=1S/C14H17NO4/c16-13-3-1-2-9-4-5-10(6-12(9)13)18-8-11-7-15-14(17)19-11/h4-6,11,13,16H,1-3,7-8H2,(H,15,17). The number of hydrogen-bond donors (Lipinski definition) is 2.